The summed E-state index contributed by atoms with van der Waals surface area (Å²) >= 11 is 0. The van der Waals surface area contributed by atoms with Crippen LogP contribution in [0, 0.1) is 6.92 Å². The second-order valence-corrected chi connectivity index (χ2v) is 9.21. The minimum Gasteiger partial charge on any atom is -0.482 e. The molecule has 0 saturated heterocycles. The van der Waals surface area contributed by atoms with Gasteiger partial charge in [-0.25, -0.2) is 0 Å². The third-order valence-electron chi connectivity index (χ3n) is 6.41. The van der Waals surface area contributed by atoms with Crippen LogP contribution in [0.5, 0.6) is 5.75 Å². The molecule has 0 spiro atoms. The normalized spacial score (nSPS) is 13.3. The highest BCUT2D eigenvalue weighted by Crippen LogP contribution is 2.38. The summed E-state index contributed by atoms with van der Waals surface area (Å²) in [5.41, 5.74) is 5.26. The van der Waals surface area contributed by atoms with Crippen LogP contribution >= 0.6 is 0 Å². The number of hydrogen-bond donors (Lipinski definition) is 1. The average molecular weight is 443 g/mol. The van der Waals surface area contributed by atoms with Gasteiger partial charge in [0.1, 0.15) is 5.75 Å². The Morgan fingerprint density at radius 3 is 2.55 bits per heavy atom. The van der Waals surface area contributed by atoms with Gasteiger partial charge in [-0.15, -0.1) is 0 Å². The zero-order chi connectivity index (χ0) is 23.6. The van der Waals surface area contributed by atoms with Gasteiger partial charge >= 0.3 is 0 Å². The first kappa shape index (κ1) is 22.6. The zero-order valence-corrected chi connectivity index (χ0v) is 19.6. The van der Waals surface area contributed by atoms with E-state index in [0.29, 0.717) is 17.9 Å². The molecule has 1 N–H and O–H groups in total. The molecule has 0 bridgehead atoms. The third kappa shape index (κ3) is 4.92. The maximum absolute atomic E-state index is 12.8. The Bertz CT molecular complexity index is 1180. The molecule has 1 heterocycles. The van der Waals surface area contributed by atoms with Crippen LogP contribution in [-0.4, -0.2) is 18.4 Å². The molecule has 0 fully saturated rings. The predicted octanol–water partition coefficient (Wildman–Crippen LogP) is 5.86. The summed E-state index contributed by atoms with van der Waals surface area (Å²) in [6.07, 6.45) is 0.985. The summed E-state index contributed by atoms with van der Waals surface area (Å²) in [4.78, 5) is 27.3. The molecule has 4 rings (SSSR count). The van der Waals surface area contributed by atoms with Gasteiger partial charge in [0.2, 0.25) is 0 Å². The van der Waals surface area contributed by atoms with E-state index in [1.54, 1.807) is 11.0 Å². The van der Waals surface area contributed by atoms with Gasteiger partial charge < -0.3 is 15.0 Å². The largest absolute Gasteiger partial charge is 0.482 e. The van der Waals surface area contributed by atoms with Crippen LogP contribution < -0.4 is 15.0 Å². The van der Waals surface area contributed by atoms with Gasteiger partial charge in [-0.05, 0) is 66.3 Å². The number of ether oxygens (including phenoxy) is 1. The van der Waals surface area contributed by atoms with E-state index in [0.717, 1.165) is 28.9 Å². The second kappa shape index (κ2) is 9.10. The van der Waals surface area contributed by atoms with Crippen molar-refractivity contribution in [3.8, 4) is 5.75 Å². The second-order valence-electron chi connectivity index (χ2n) is 9.21. The lowest BCUT2D eigenvalue weighted by Crippen LogP contribution is -2.38. The summed E-state index contributed by atoms with van der Waals surface area (Å²) in [7, 11) is 0. The van der Waals surface area contributed by atoms with Gasteiger partial charge in [-0.2, -0.15) is 0 Å². The number of rotatable bonds is 6. The van der Waals surface area contributed by atoms with E-state index in [2.05, 4.69) is 38.2 Å². The standard InChI is InChI=1S/C28H30N2O3/c1-5-28(3,4)22-11-14-25-24(16-22)30(26(31)18-33-25)17-20-7-6-8-21(15-20)27(32)29-23-12-9-19(2)10-13-23/h6-16H,5,17-18H2,1-4H3,(H,29,32). The molecule has 1 aliphatic rings. The van der Waals surface area contributed by atoms with E-state index in [1.807, 2.05) is 55.5 Å². The molecule has 0 saturated carbocycles. The number of carbonyl (C=O) groups is 2. The smallest absolute Gasteiger partial charge is 0.265 e. The van der Waals surface area contributed by atoms with Crippen LogP contribution in [0.1, 0.15) is 54.2 Å². The maximum Gasteiger partial charge on any atom is 0.265 e. The molecule has 170 valence electrons. The van der Waals surface area contributed by atoms with Crippen molar-refractivity contribution in [3.05, 3.63) is 89.0 Å². The van der Waals surface area contributed by atoms with Gasteiger partial charge in [0, 0.05) is 11.3 Å². The molecule has 2 amide bonds. The Balaban J connectivity index is 1.58. The fraction of sp³-hybridized carbons (Fsp3) is 0.286. The highest BCUT2D eigenvalue weighted by molar-refractivity contribution is 6.04. The number of carbonyl (C=O) groups excluding carboxylic acids is 2. The number of aryl methyl sites for hydroxylation is 1. The number of anilines is 2. The van der Waals surface area contributed by atoms with Gasteiger partial charge in [0.15, 0.2) is 6.61 Å². The van der Waals surface area contributed by atoms with E-state index in [1.165, 1.54) is 5.56 Å². The topological polar surface area (TPSA) is 58.6 Å². The first-order valence-corrected chi connectivity index (χ1v) is 11.3. The molecular weight excluding hydrogens is 412 g/mol. The van der Waals surface area contributed by atoms with Gasteiger partial charge in [0.05, 0.1) is 12.2 Å². The predicted molar refractivity (Wildman–Crippen MR) is 132 cm³/mol. The van der Waals surface area contributed by atoms with Crippen LogP contribution in [-0.2, 0) is 16.8 Å². The van der Waals surface area contributed by atoms with Crippen LogP contribution in [0.15, 0.2) is 66.7 Å². The molecule has 0 radical (unpaired) electrons. The molecule has 0 atom stereocenters. The number of amides is 2. The Morgan fingerprint density at radius 1 is 1.06 bits per heavy atom. The molecule has 0 unspecified atom stereocenters. The minimum absolute atomic E-state index is 0.00478. The van der Waals surface area contributed by atoms with E-state index >= 15 is 0 Å². The lowest BCUT2D eigenvalue weighted by Gasteiger charge is -2.32. The lowest BCUT2D eigenvalue weighted by atomic mass is 9.82. The zero-order valence-electron chi connectivity index (χ0n) is 19.6. The Kier molecular flexibility index (Phi) is 6.23. The van der Waals surface area contributed by atoms with Crippen molar-refractivity contribution >= 4 is 23.2 Å². The van der Waals surface area contributed by atoms with Crippen molar-refractivity contribution in [2.75, 3.05) is 16.8 Å². The first-order valence-electron chi connectivity index (χ1n) is 11.3. The number of fused-ring (bicyclic) bond motifs is 1. The molecule has 1 aliphatic heterocycles. The summed E-state index contributed by atoms with van der Waals surface area (Å²) < 4.78 is 5.69. The summed E-state index contributed by atoms with van der Waals surface area (Å²) in [5, 5.41) is 2.93. The van der Waals surface area contributed by atoms with E-state index in [4.69, 9.17) is 4.74 Å². The van der Waals surface area contributed by atoms with Gasteiger partial charge in [-0.1, -0.05) is 56.7 Å². The Labute approximate surface area is 195 Å². The monoisotopic (exact) mass is 442 g/mol. The van der Waals surface area contributed by atoms with Crippen LogP contribution in [0.2, 0.25) is 0 Å². The number of nitrogens with one attached hydrogen (secondary N) is 1. The highest BCUT2D eigenvalue weighted by Gasteiger charge is 2.28. The van der Waals surface area contributed by atoms with E-state index < -0.39 is 0 Å². The van der Waals surface area contributed by atoms with Crippen LogP contribution in [0.3, 0.4) is 0 Å². The van der Waals surface area contributed by atoms with Crippen molar-refractivity contribution < 1.29 is 14.3 Å². The molecule has 3 aromatic carbocycles. The lowest BCUT2D eigenvalue weighted by molar-refractivity contribution is -0.121. The van der Waals surface area contributed by atoms with Gasteiger partial charge in [0.25, 0.3) is 11.8 Å². The SMILES string of the molecule is CCC(C)(C)c1ccc2c(c1)N(Cc1cccc(C(=O)Nc3ccc(C)cc3)c1)C(=O)CO2. The summed E-state index contributed by atoms with van der Waals surface area (Å²) in [5.74, 6) is 0.434. The average Bonchev–Trinajstić information content (AvgIpc) is 2.82. The number of hydrogen-bond acceptors (Lipinski definition) is 3. The van der Waals surface area contributed by atoms with Crippen molar-refractivity contribution in [1.82, 2.24) is 0 Å². The van der Waals surface area contributed by atoms with Crippen LogP contribution in [0.4, 0.5) is 11.4 Å². The molecule has 0 aromatic heterocycles. The van der Waals surface area contributed by atoms with Crippen molar-refractivity contribution in [2.24, 2.45) is 0 Å². The van der Waals surface area contributed by atoms with Crippen molar-refractivity contribution in [2.45, 2.75) is 46.1 Å². The highest BCUT2D eigenvalue weighted by atomic mass is 16.5. The molecule has 0 aliphatic carbocycles. The third-order valence-corrected chi connectivity index (χ3v) is 6.41. The molecule has 5 nitrogen and oxygen atoms in total. The summed E-state index contributed by atoms with van der Waals surface area (Å²) in [6.45, 7) is 8.94. The summed E-state index contributed by atoms with van der Waals surface area (Å²) in [6, 6.07) is 21.2. The van der Waals surface area contributed by atoms with Crippen LogP contribution in [0.25, 0.3) is 0 Å². The van der Waals surface area contributed by atoms with E-state index in [9.17, 15) is 9.59 Å². The fourth-order valence-corrected chi connectivity index (χ4v) is 3.83. The number of nitrogens with zero attached hydrogens (tertiary/aromatic N) is 1. The van der Waals surface area contributed by atoms with Gasteiger partial charge in [-0.3, -0.25) is 9.59 Å². The minimum atomic E-state index is -0.179. The quantitative estimate of drug-likeness (QED) is 0.520. The molecular formula is C28H30N2O3. The van der Waals surface area contributed by atoms with Crippen molar-refractivity contribution in [1.29, 1.82) is 0 Å². The maximum atomic E-state index is 12.8. The molecule has 33 heavy (non-hydrogen) atoms. The fourth-order valence-electron chi connectivity index (χ4n) is 3.83. The molecule has 5 heteroatoms. The first-order chi connectivity index (χ1) is 15.8. The van der Waals surface area contributed by atoms with Crippen molar-refractivity contribution in [3.63, 3.8) is 0 Å². The van der Waals surface area contributed by atoms with E-state index in [-0.39, 0.29) is 23.8 Å². The molecule has 3 aromatic rings. The Hall–Kier alpha value is -3.60. The number of benzene rings is 3. The Morgan fingerprint density at radius 2 is 1.82 bits per heavy atom.